The summed E-state index contributed by atoms with van der Waals surface area (Å²) in [6.45, 7) is 7.37. The molecule has 0 aromatic heterocycles. The summed E-state index contributed by atoms with van der Waals surface area (Å²) < 4.78 is 10.8. The molecule has 0 aromatic carbocycles. The standard InChI is InChI=1S/C42H78N4O9.2ClH/c1-8-9-22-28-39(54-42(52)35-46(6,7)55-37(3)48)38(49)27-23-18-14-10-11-15-19-24-29-40(50)43-30-25-20-16-12-13-17-21-26-31-44-41(51)34-45(4,5)32-33-53-36(2)47;;/h18,23,38-39,49H,8-17,19-22,24-35H2,1-7H3;2*1H/b23-18-;;. The van der Waals surface area contributed by atoms with E-state index in [1.165, 1.54) is 39.5 Å². The van der Waals surface area contributed by atoms with Crippen molar-refractivity contribution in [2.75, 3.05) is 67.5 Å². The second-order valence-corrected chi connectivity index (χ2v) is 16.1. The number of aliphatic hydroxyl groups excluding tert-OH is 1. The number of carbonyl (C=O) groups excluding carboxylic acids is 5. The van der Waals surface area contributed by atoms with Crippen LogP contribution in [0.4, 0.5) is 0 Å². The highest BCUT2D eigenvalue weighted by atomic mass is 35.5. The van der Waals surface area contributed by atoms with Crippen LogP contribution in [-0.2, 0) is 38.3 Å². The van der Waals surface area contributed by atoms with Gasteiger partial charge in [0.2, 0.25) is 12.5 Å². The Morgan fingerprint density at radius 2 is 1.21 bits per heavy atom. The zero-order valence-electron chi connectivity index (χ0n) is 36.6. The molecule has 2 atom stereocenters. The summed E-state index contributed by atoms with van der Waals surface area (Å²) in [7, 11) is 7.13. The number of carbonyl (C=O) groups is 5. The zero-order valence-corrected chi connectivity index (χ0v) is 38.1. The largest absolute Gasteiger partial charge is 1.00 e. The molecule has 336 valence electrons. The van der Waals surface area contributed by atoms with E-state index in [1.807, 2.05) is 20.2 Å². The minimum absolute atomic E-state index is 0. The molecule has 0 aliphatic heterocycles. The Kier molecular flexibility index (Phi) is 37.8. The Bertz CT molecular complexity index is 1110. The Balaban J connectivity index is -0.0000146. The molecule has 2 unspecified atom stereocenters. The number of hydrogen-bond acceptors (Lipinski definition) is 9. The van der Waals surface area contributed by atoms with Gasteiger partial charge in [-0.05, 0) is 51.4 Å². The van der Waals surface area contributed by atoms with E-state index in [-0.39, 0.29) is 53.8 Å². The molecule has 0 saturated heterocycles. The molecule has 0 bridgehead atoms. The quantitative estimate of drug-likeness (QED) is 0.0264. The second-order valence-electron chi connectivity index (χ2n) is 16.1. The first-order valence-corrected chi connectivity index (χ1v) is 21.1. The van der Waals surface area contributed by atoms with Crippen molar-refractivity contribution in [1.29, 1.82) is 0 Å². The number of quaternary nitrogens is 2. The van der Waals surface area contributed by atoms with Crippen LogP contribution in [0.1, 0.15) is 149 Å². The van der Waals surface area contributed by atoms with Crippen LogP contribution in [0.3, 0.4) is 0 Å². The number of esters is 2. The number of hydrogen-bond donors (Lipinski definition) is 3. The predicted octanol–water partition coefficient (Wildman–Crippen LogP) is 0.0716. The van der Waals surface area contributed by atoms with Gasteiger partial charge in [0.05, 0.1) is 20.2 Å². The summed E-state index contributed by atoms with van der Waals surface area (Å²) in [5.74, 6) is -1.12. The first-order chi connectivity index (χ1) is 26.1. The normalized spacial score (nSPS) is 12.5. The van der Waals surface area contributed by atoms with E-state index in [0.29, 0.717) is 50.0 Å². The highest BCUT2D eigenvalue weighted by Gasteiger charge is 2.29. The van der Waals surface area contributed by atoms with E-state index in [4.69, 9.17) is 14.3 Å². The number of ether oxygens (including phenoxy) is 2. The third kappa shape index (κ3) is 38.8. The fraction of sp³-hybridized carbons (Fsp3) is 0.833. The zero-order chi connectivity index (χ0) is 41.4. The van der Waals surface area contributed by atoms with Gasteiger partial charge in [0.25, 0.3) is 5.91 Å². The molecular formula is C42H80Cl2N4O9. The highest BCUT2D eigenvalue weighted by molar-refractivity contribution is 5.77. The molecule has 0 heterocycles. The maximum Gasteiger partial charge on any atom is 0.366 e. The van der Waals surface area contributed by atoms with Gasteiger partial charge in [-0.2, -0.15) is 0 Å². The Labute approximate surface area is 357 Å². The smallest absolute Gasteiger partial charge is 0.366 e. The van der Waals surface area contributed by atoms with Crippen LogP contribution in [0, 0.1) is 0 Å². The molecule has 0 saturated carbocycles. The average molecular weight is 856 g/mol. The molecule has 15 heteroatoms. The SMILES string of the molecule is CCCCCC(OC(=O)C[N+](C)(C)OC(C)=O)C(O)C/C=C\CCCCCCCC(=O)NCCCCCCCCCCNC(=O)C[N+](C)(C)CCOC(C)=O.[Cl-].[Cl-]. The number of halogens is 2. The molecular weight excluding hydrogens is 775 g/mol. The number of unbranched alkanes of at least 4 members (excludes halogenated alkanes) is 14. The van der Waals surface area contributed by atoms with Crippen LogP contribution in [0.15, 0.2) is 12.2 Å². The molecule has 0 rings (SSSR count). The lowest BCUT2D eigenvalue weighted by molar-refractivity contribution is -1.05. The van der Waals surface area contributed by atoms with Gasteiger partial charge in [0.15, 0.2) is 6.54 Å². The summed E-state index contributed by atoms with van der Waals surface area (Å²) in [6.07, 6.45) is 22.2. The number of rotatable bonds is 35. The Morgan fingerprint density at radius 3 is 1.77 bits per heavy atom. The van der Waals surface area contributed by atoms with Crippen molar-refractivity contribution < 1.29 is 77.3 Å². The van der Waals surface area contributed by atoms with Crippen LogP contribution in [-0.4, -0.2) is 124 Å². The predicted molar refractivity (Wildman–Crippen MR) is 216 cm³/mol. The van der Waals surface area contributed by atoms with Gasteiger partial charge >= 0.3 is 17.9 Å². The molecule has 0 aromatic rings. The fourth-order valence-corrected chi connectivity index (χ4v) is 6.22. The molecule has 0 aliphatic rings. The summed E-state index contributed by atoms with van der Waals surface area (Å²) in [6, 6.07) is 0. The van der Waals surface area contributed by atoms with Crippen LogP contribution < -0.4 is 35.4 Å². The molecule has 0 aliphatic carbocycles. The minimum Gasteiger partial charge on any atom is -1.00 e. The molecule has 13 nitrogen and oxygen atoms in total. The van der Waals surface area contributed by atoms with Crippen molar-refractivity contribution in [3.8, 4) is 0 Å². The number of aliphatic hydroxyl groups is 1. The van der Waals surface area contributed by atoms with Crippen molar-refractivity contribution >= 4 is 29.7 Å². The van der Waals surface area contributed by atoms with Gasteiger partial charge in [0.1, 0.15) is 33.4 Å². The number of hydroxylamine groups is 3. The van der Waals surface area contributed by atoms with E-state index >= 15 is 0 Å². The molecule has 0 fully saturated rings. The highest BCUT2D eigenvalue weighted by Crippen LogP contribution is 2.16. The van der Waals surface area contributed by atoms with Crippen molar-refractivity contribution in [3.05, 3.63) is 12.2 Å². The van der Waals surface area contributed by atoms with Crippen molar-refractivity contribution in [2.45, 2.75) is 161 Å². The number of likely N-dealkylation sites (N-methyl/N-ethyl adjacent to an activating group) is 2. The van der Waals surface area contributed by atoms with Gasteiger partial charge in [0, 0.05) is 33.4 Å². The molecule has 3 N–H and O–H groups in total. The fourth-order valence-electron chi connectivity index (χ4n) is 6.22. The van der Waals surface area contributed by atoms with Crippen LogP contribution >= 0.6 is 0 Å². The number of nitrogens with zero attached hydrogens (tertiary/aromatic N) is 2. The molecule has 57 heavy (non-hydrogen) atoms. The van der Waals surface area contributed by atoms with Gasteiger partial charge in [-0.15, -0.1) is 4.65 Å². The Morgan fingerprint density at radius 1 is 0.667 bits per heavy atom. The van der Waals surface area contributed by atoms with Crippen molar-refractivity contribution in [1.82, 2.24) is 10.6 Å². The van der Waals surface area contributed by atoms with Gasteiger partial charge in [-0.3, -0.25) is 19.2 Å². The van der Waals surface area contributed by atoms with Gasteiger partial charge < -0.3 is 54.5 Å². The summed E-state index contributed by atoms with van der Waals surface area (Å²) >= 11 is 0. The van der Waals surface area contributed by atoms with Crippen LogP contribution in [0.25, 0.3) is 0 Å². The third-order valence-electron chi connectivity index (χ3n) is 9.33. The number of amides is 2. The minimum atomic E-state index is -0.792. The van der Waals surface area contributed by atoms with E-state index < -0.39 is 24.1 Å². The van der Waals surface area contributed by atoms with E-state index in [0.717, 1.165) is 90.0 Å². The average Bonchev–Trinajstić information content (AvgIpc) is 3.07. The lowest BCUT2D eigenvalue weighted by Gasteiger charge is -2.28. The number of nitrogens with one attached hydrogen (secondary N) is 2. The first-order valence-electron chi connectivity index (χ1n) is 21.1. The second kappa shape index (κ2) is 36.6. The Hall–Kier alpha value is -2.45. The number of allylic oxidation sites excluding steroid dienone is 1. The summed E-state index contributed by atoms with van der Waals surface area (Å²) in [5, 5.41) is 16.8. The van der Waals surface area contributed by atoms with Gasteiger partial charge in [-0.25, -0.2) is 9.59 Å². The lowest BCUT2D eigenvalue weighted by Crippen LogP contribution is -3.00. The van der Waals surface area contributed by atoms with E-state index in [2.05, 4.69) is 23.6 Å². The van der Waals surface area contributed by atoms with E-state index in [1.54, 1.807) is 14.1 Å². The molecule has 0 radical (unpaired) electrons. The summed E-state index contributed by atoms with van der Waals surface area (Å²) in [5.41, 5.74) is 0. The summed E-state index contributed by atoms with van der Waals surface area (Å²) in [4.78, 5) is 64.3. The maximum absolute atomic E-state index is 12.5. The van der Waals surface area contributed by atoms with E-state index in [9.17, 15) is 29.1 Å². The topological polar surface area (TPSA) is 157 Å². The monoisotopic (exact) mass is 855 g/mol. The van der Waals surface area contributed by atoms with Crippen LogP contribution in [0.2, 0.25) is 0 Å². The third-order valence-corrected chi connectivity index (χ3v) is 9.33. The molecule has 0 spiro atoms. The van der Waals surface area contributed by atoms with Gasteiger partial charge in [-0.1, -0.05) is 89.7 Å². The lowest BCUT2D eigenvalue weighted by atomic mass is 10.0. The van der Waals surface area contributed by atoms with Crippen molar-refractivity contribution in [3.63, 3.8) is 0 Å². The van der Waals surface area contributed by atoms with Crippen molar-refractivity contribution in [2.24, 2.45) is 0 Å². The maximum atomic E-state index is 12.5. The van der Waals surface area contributed by atoms with Crippen LogP contribution in [0.5, 0.6) is 0 Å². The first kappa shape index (κ1) is 58.9. The molecule has 2 amide bonds.